The molecule has 4 heteroatoms. The van der Waals surface area contributed by atoms with Crippen LogP contribution in [0.5, 0.6) is 0 Å². The number of aryl methyl sites for hydroxylation is 1. The molecule has 2 aromatic rings. The van der Waals surface area contributed by atoms with Gasteiger partial charge in [-0.1, -0.05) is 23.9 Å². The van der Waals surface area contributed by atoms with Crippen LogP contribution in [0.2, 0.25) is 0 Å². The van der Waals surface area contributed by atoms with E-state index in [0.29, 0.717) is 6.54 Å². The van der Waals surface area contributed by atoms with Gasteiger partial charge in [0.2, 0.25) is 0 Å². The summed E-state index contributed by atoms with van der Waals surface area (Å²) in [6, 6.07) is 8.37. The predicted molar refractivity (Wildman–Crippen MR) is 70.1 cm³/mol. The van der Waals surface area contributed by atoms with Crippen LogP contribution >= 0.6 is 11.8 Å². The van der Waals surface area contributed by atoms with Crippen molar-refractivity contribution in [2.24, 2.45) is 5.73 Å². The molecule has 0 fully saturated rings. The lowest BCUT2D eigenvalue weighted by Gasteiger charge is -2.07. The van der Waals surface area contributed by atoms with Crippen LogP contribution < -0.4 is 5.73 Å². The zero-order valence-corrected chi connectivity index (χ0v) is 10.6. The minimum absolute atomic E-state index is 0.692. The summed E-state index contributed by atoms with van der Waals surface area (Å²) in [5, 5.41) is 0.967. The molecule has 1 aromatic heterocycles. The molecule has 17 heavy (non-hydrogen) atoms. The van der Waals surface area contributed by atoms with Crippen LogP contribution in [-0.4, -0.2) is 16.5 Å². The summed E-state index contributed by atoms with van der Waals surface area (Å²) < 4.78 is 0. The first kappa shape index (κ1) is 12.1. The summed E-state index contributed by atoms with van der Waals surface area (Å²) in [6.45, 7) is 2.81. The number of aromatic nitrogens is 2. The van der Waals surface area contributed by atoms with Crippen LogP contribution in [0.15, 0.2) is 46.7 Å². The lowest BCUT2D eigenvalue weighted by molar-refractivity contribution is 0.962. The maximum atomic E-state index is 5.55. The molecule has 3 nitrogen and oxygen atoms in total. The zero-order chi connectivity index (χ0) is 12.1. The van der Waals surface area contributed by atoms with E-state index in [-0.39, 0.29) is 0 Å². The Bertz CT molecular complexity index is 485. The van der Waals surface area contributed by atoms with Crippen molar-refractivity contribution in [2.75, 3.05) is 6.54 Å². The summed E-state index contributed by atoms with van der Waals surface area (Å²) in [4.78, 5) is 9.34. The van der Waals surface area contributed by atoms with Crippen LogP contribution in [0.1, 0.15) is 11.1 Å². The Morgan fingerprint density at radius 2 is 2.18 bits per heavy atom. The van der Waals surface area contributed by atoms with Crippen molar-refractivity contribution in [3.05, 3.63) is 47.9 Å². The molecule has 0 saturated heterocycles. The SMILES string of the molecule is Cc1cc(CCN)ccc1Sc1ccncn1. The standard InChI is InChI=1S/C13H15N3S/c1-10-8-11(4-6-14)2-3-12(10)17-13-5-7-15-9-16-13/h2-3,5,7-9H,4,6,14H2,1H3. The highest BCUT2D eigenvalue weighted by Gasteiger charge is 2.03. The van der Waals surface area contributed by atoms with Gasteiger partial charge in [0.15, 0.2) is 0 Å². The first-order chi connectivity index (χ1) is 8.29. The van der Waals surface area contributed by atoms with Gasteiger partial charge in [-0.3, -0.25) is 0 Å². The summed E-state index contributed by atoms with van der Waals surface area (Å²) in [6.07, 6.45) is 4.26. The monoisotopic (exact) mass is 245 g/mol. The summed E-state index contributed by atoms with van der Waals surface area (Å²) in [5.74, 6) is 0. The van der Waals surface area contributed by atoms with Gasteiger partial charge in [-0.25, -0.2) is 9.97 Å². The second kappa shape index (κ2) is 5.80. The average Bonchev–Trinajstić information content (AvgIpc) is 2.34. The first-order valence-electron chi connectivity index (χ1n) is 5.53. The van der Waals surface area contributed by atoms with E-state index in [2.05, 4.69) is 35.1 Å². The smallest absolute Gasteiger partial charge is 0.116 e. The fourth-order valence-corrected chi connectivity index (χ4v) is 2.41. The molecule has 0 atom stereocenters. The van der Waals surface area contributed by atoms with E-state index in [0.717, 1.165) is 11.4 Å². The van der Waals surface area contributed by atoms with E-state index in [1.165, 1.54) is 16.0 Å². The van der Waals surface area contributed by atoms with Crippen LogP contribution in [0.4, 0.5) is 0 Å². The third-order valence-corrected chi connectivity index (χ3v) is 3.57. The van der Waals surface area contributed by atoms with E-state index < -0.39 is 0 Å². The highest BCUT2D eigenvalue weighted by molar-refractivity contribution is 7.99. The number of nitrogens with two attached hydrogens (primary N) is 1. The van der Waals surface area contributed by atoms with Gasteiger partial charge in [-0.2, -0.15) is 0 Å². The first-order valence-corrected chi connectivity index (χ1v) is 6.34. The lowest BCUT2D eigenvalue weighted by atomic mass is 10.1. The number of benzene rings is 1. The summed E-state index contributed by atoms with van der Waals surface area (Å²) >= 11 is 1.66. The molecule has 0 amide bonds. The number of rotatable bonds is 4. The molecule has 1 heterocycles. The molecule has 2 N–H and O–H groups in total. The highest BCUT2D eigenvalue weighted by atomic mass is 32.2. The van der Waals surface area contributed by atoms with E-state index >= 15 is 0 Å². The zero-order valence-electron chi connectivity index (χ0n) is 9.76. The van der Waals surface area contributed by atoms with Crippen molar-refractivity contribution < 1.29 is 0 Å². The molecule has 1 aromatic carbocycles. The fourth-order valence-electron chi connectivity index (χ4n) is 1.60. The number of hydrogen-bond acceptors (Lipinski definition) is 4. The normalized spacial score (nSPS) is 10.5. The topological polar surface area (TPSA) is 51.8 Å². The van der Waals surface area contributed by atoms with Gasteiger partial charge in [0.1, 0.15) is 11.4 Å². The Kier molecular flexibility index (Phi) is 4.12. The minimum atomic E-state index is 0.692. The van der Waals surface area contributed by atoms with E-state index in [1.807, 2.05) is 6.07 Å². The Morgan fingerprint density at radius 1 is 1.29 bits per heavy atom. The van der Waals surface area contributed by atoms with Crippen LogP contribution in [0.3, 0.4) is 0 Å². The van der Waals surface area contributed by atoms with Gasteiger partial charge >= 0.3 is 0 Å². The van der Waals surface area contributed by atoms with Crippen molar-refractivity contribution in [1.82, 2.24) is 9.97 Å². The number of nitrogens with zero attached hydrogens (tertiary/aromatic N) is 2. The fraction of sp³-hybridized carbons (Fsp3) is 0.231. The Morgan fingerprint density at radius 3 is 2.82 bits per heavy atom. The Hall–Kier alpha value is -1.39. The second-order valence-corrected chi connectivity index (χ2v) is 4.85. The van der Waals surface area contributed by atoms with Gasteiger partial charge in [-0.05, 0) is 43.1 Å². The van der Waals surface area contributed by atoms with Crippen molar-refractivity contribution in [2.45, 2.75) is 23.3 Å². The van der Waals surface area contributed by atoms with Crippen molar-refractivity contribution in [3.8, 4) is 0 Å². The molecule has 0 saturated carbocycles. The molecule has 0 radical (unpaired) electrons. The van der Waals surface area contributed by atoms with Gasteiger partial charge in [0, 0.05) is 11.1 Å². The number of hydrogen-bond donors (Lipinski definition) is 1. The third-order valence-electron chi connectivity index (χ3n) is 2.44. The molecule has 0 aliphatic carbocycles. The van der Waals surface area contributed by atoms with Crippen LogP contribution in [-0.2, 0) is 6.42 Å². The minimum Gasteiger partial charge on any atom is -0.330 e. The van der Waals surface area contributed by atoms with Crippen molar-refractivity contribution >= 4 is 11.8 Å². The molecule has 0 aliphatic heterocycles. The summed E-state index contributed by atoms with van der Waals surface area (Å²) in [5.41, 5.74) is 8.10. The molecule has 0 bridgehead atoms. The molecular formula is C13H15N3S. The van der Waals surface area contributed by atoms with Gasteiger partial charge in [0.05, 0.1) is 0 Å². The second-order valence-electron chi connectivity index (χ2n) is 3.79. The van der Waals surface area contributed by atoms with E-state index in [1.54, 1.807) is 24.3 Å². The predicted octanol–water partition coefficient (Wildman–Crippen LogP) is 2.44. The van der Waals surface area contributed by atoms with Crippen molar-refractivity contribution in [1.29, 1.82) is 0 Å². The van der Waals surface area contributed by atoms with E-state index in [9.17, 15) is 0 Å². The largest absolute Gasteiger partial charge is 0.330 e. The lowest BCUT2D eigenvalue weighted by Crippen LogP contribution is -2.02. The maximum Gasteiger partial charge on any atom is 0.116 e. The Balaban J connectivity index is 2.17. The summed E-state index contributed by atoms with van der Waals surface area (Å²) in [7, 11) is 0. The third kappa shape index (κ3) is 3.28. The average molecular weight is 245 g/mol. The van der Waals surface area contributed by atoms with E-state index in [4.69, 9.17) is 5.73 Å². The molecule has 0 spiro atoms. The van der Waals surface area contributed by atoms with Gasteiger partial charge in [0.25, 0.3) is 0 Å². The molecule has 0 unspecified atom stereocenters. The maximum absolute atomic E-state index is 5.55. The molecule has 0 aliphatic rings. The van der Waals surface area contributed by atoms with Crippen molar-refractivity contribution in [3.63, 3.8) is 0 Å². The molecule has 2 rings (SSSR count). The molecular weight excluding hydrogens is 230 g/mol. The quantitative estimate of drug-likeness (QED) is 0.841. The van der Waals surface area contributed by atoms with Crippen LogP contribution in [0, 0.1) is 6.92 Å². The van der Waals surface area contributed by atoms with Gasteiger partial charge in [-0.15, -0.1) is 0 Å². The highest BCUT2D eigenvalue weighted by Crippen LogP contribution is 2.28. The molecule has 88 valence electrons. The van der Waals surface area contributed by atoms with Crippen LogP contribution in [0.25, 0.3) is 0 Å². The Labute approximate surface area is 105 Å². The van der Waals surface area contributed by atoms with Gasteiger partial charge < -0.3 is 5.73 Å².